The Morgan fingerprint density at radius 3 is 2.51 bits per heavy atom. The third-order valence-corrected chi connectivity index (χ3v) is 6.55. The van der Waals surface area contributed by atoms with Crippen molar-refractivity contribution < 1.29 is 5.11 Å². The number of aromatic nitrogens is 7. The minimum Gasteiger partial charge on any atom is -0.374 e. The van der Waals surface area contributed by atoms with Crippen molar-refractivity contribution in [2.45, 2.75) is 12.5 Å². The van der Waals surface area contributed by atoms with Crippen molar-refractivity contribution in [3.05, 3.63) is 107 Å². The first-order valence-corrected chi connectivity index (χ1v) is 11.4. The van der Waals surface area contributed by atoms with Crippen molar-refractivity contribution in [1.29, 1.82) is 0 Å². The monoisotopic (exact) mass is 481 g/mol. The summed E-state index contributed by atoms with van der Waals surface area (Å²) in [5, 5.41) is 25.7. The van der Waals surface area contributed by atoms with Crippen LogP contribution in [0.5, 0.6) is 0 Å². The number of halogens is 1. The Balaban J connectivity index is 1.68. The molecule has 1 atom stereocenters. The number of hydrogen-bond donors (Lipinski definition) is 1. The third-order valence-electron chi connectivity index (χ3n) is 6.32. The summed E-state index contributed by atoms with van der Waals surface area (Å²) in [6.07, 6.45) is 3.36. The fourth-order valence-corrected chi connectivity index (χ4v) is 4.71. The van der Waals surface area contributed by atoms with Gasteiger partial charge in [-0.05, 0) is 52.7 Å². The maximum absolute atomic E-state index is 12.4. The minimum atomic E-state index is -1.46. The molecule has 9 heteroatoms. The molecule has 6 aromatic rings. The predicted molar refractivity (Wildman–Crippen MR) is 133 cm³/mol. The predicted octanol–water partition coefficient (Wildman–Crippen LogP) is 4.32. The average molecular weight is 482 g/mol. The lowest BCUT2D eigenvalue weighted by molar-refractivity contribution is 0.117. The summed E-state index contributed by atoms with van der Waals surface area (Å²) >= 11 is 6.30. The first-order valence-electron chi connectivity index (χ1n) is 11.0. The molecule has 0 fully saturated rings. The average Bonchev–Trinajstić information content (AvgIpc) is 3.52. The van der Waals surface area contributed by atoms with Gasteiger partial charge in [0, 0.05) is 23.0 Å². The Hall–Kier alpha value is -4.14. The van der Waals surface area contributed by atoms with E-state index in [-0.39, 0.29) is 0 Å². The SMILES string of the molecule is Cc1ccc(C(O)(c2ccc3c(c2)c(-c2cccc(Cl)c2)nc2nnnn23)c2cncn2C)cc1. The number of imidazole rings is 1. The van der Waals surface area contributed by atoms with Gasteiger partial charge in [0.05, 0.1) is 29.4 Å². The van der Waals surface area contributed by atoms with E-state index in [4.69, 9.17) is 16.6 Å². The Labute approximate surface area is 205 Å². The summed E-state index contributed by atoms with van der Waals surface area (Å²) in [4.78, 5) is 9.00. The smallest absolute Gasteiger partial charge is 0.274 e. The lowest BCUT2D eigenvalue weighted by Crippen LogP contribution is -2.31. The van der Waals surface area contributed by atoms with Crippen molar-refractivity contribution >= 4 is 28.3 Å². The van der Waals surface area contributed by atoms with Crippen LogP contribution in [0.15, 0.2) is 79.3 Å². The molecule has 0 radical (unpaired) electrons. The molecule has 172 valence electrons. The molecule has 0 bridgehead atoms. The van der Waals surface area contributed by atoms with Gasteiger partial charge in [-0.15, -0.1) is 0 Å². The number of benzene rings is 3. The van der Waals surface area contributed by atoms with Gasteiger partial charge in [-0.25, -0.2) is 9.97 Å². The van der Waals surface area contributed by atoms with E-state index in [1.165, 1.54) is 0 Å². The lowest BCUT2D eigenvalue weighted by atomic mass is 9.82. The third kappa shape index (κ3) is 3.38. The van der Waals surface area contributed by atoms with E-state index in [9.17, 15) is 5.11 Å². The Bertz CT molecular complexity index is 1710. The molecule has 0 aliphatic heterocycles. The summed E-state index contributed by atoms with van der Waals surface area (Å²) in [7, 11) is 1.87. The minimum absolute atomic E-state index is 0.376. The van der Waals surface area contributed by atoms with Crippen LogP contribution in [0.2, 0.25) is 5.02 Å². The van der Waals surface area contributed by atoms with Crippen molar-refractivity contribution in [2.24, 2.45) is 7.05 Å². The molecular formula is C26H20ClN7O. The van der Waals surface area contributed by atoms with Crippen molar-refractivity contribution in [1.82, 2.24) is 34.6 Å². The van der Waals surface area contributed by atoms with Crippen LogP contribution in [0.4, 0.5) is 0 Å². The number of fused-ring (bicyclic) bond motifs is 3. The van der Waals surface area contributed by atoms with Crippen LogP contribution >= 0.6 is 11.6 Å². The number of tetrazole rings is 1. The largest absolute Gasteiger partial charge is 0.374 e. The van der Waals surface area contributed by atoms with Crippen LogP contribution in [0.25, 0.3) is 27.9 Å². The molecule has 0 aliphatic carbocycles. The number of rotatable bonds is 4. The highest BCUT2D eigenvalue weighted by Gasteiger charge is 2.37. The molecule has 6 rings (SSSR count). The summed E-state index contributed by atoms with van der Waals surface area (Å²) in [5.41, 5.74) is 3.92. The number of aliphatic hydroxyl groups is 1. The van der Waals surface area contributed by atoms with Crippen LogP contribution in [0.3, 0.4) is 0 Å². The summed E-state index contributed by atoms with van der Waals surface area (Å²) in [6, 6.07) is 21.1. The molecule has 3 aromatic carbocycles. The van der Waals surface area contributed by atoms with Gasteiger partial charge >= 0.3 is 0 Å². The highest BCUT2D eigenvalue weighted by atomic mass is 35.5. The molecule has 8 nitrogen and oxygen atoms in total. The molecule has 3 heterocycles. The van der Waals surface area contributed by atoms with Crippen LogP contribution in [0.1, 0.15) is 22.4 Å². The van der Waals surface area contributed by atoms with Gasteiger partial charge in [0.25, 0.3) is 5.78 Å². The second-order valence-electron chi connectivity index (χ2n) is 8.56. The van der Waals surface area contributed by atoms with Crippen molar-refractivity contribution in [3.8, 4) is 11.3 Å². The van der Waals surface area contributed by atoms with Crippen LogP contribution in [-0.2, 0) is 12.6 Å². The van der Waals surface area contributed by atoms with E-state index in [2.05, 4.69) is 20.5 Å². The highest BCUT2D eigenvalue weighted by molar-refractivity contribution is 6.30. The quantitative estimate of drug-likeness (QED) is 0.403. The number of hydrogen-bond acceptors (Lipinski definition) is 6. The Morgan fingerprint density at radius 2 is 1.77 bits per heavy atom. The standard InChI is InChI=1S/C26H20ClN7O/c1-16-6-8-18(9-7-16)26(35,23-14-28-15-33(23)2)19-10-11-22-21(13-19)24(17-4-3-5-20(27)12-17)29-25-30-31-32-34(22)25/h3-15,35H,1-2H3. The van der Waals surface area contributed by atoms with Crippen molar-refractivity contribution in [3.63, 3.8) is 0 Å². The first-order chi connectivity index (χ1) is 16.9. The van der Waals surface area contributed by atoms with Gasteiger partial charge in [0.1, 0.15) is 0 Å². The lowest BCUT2D eigenvalue weighted by Gasteiger charge is -2.30. The number of aryl methyl sites for hydroxylation is 2. The van der Waals surface area contributed by atoms with Gasteiger partial charge < -0.3 is 9.67 Å². The van der Waals surface area contributed by atoms with Gasteiger partial charge in [-0.3, -0.25) is 0 Å². The topological polar surface area (TPSA) is 94.0 Å². The van der Waals surface area contributed by atoms with Crippen LogP contribution in [0, 0.1) is 6.92 Å². The zero-order valence-electron chi connectivity index (χ0n) is 19.0. The van der Waals surface area contributed by atoms with E-state index in [0.717, 1.165) is 27.6 Å². The molecule has 1 unspecified atom stereocenters. The summed E-state index contributed by atoms with van der Waals surface area (Å²) < 4.78 is 3.41. The van der Waals surface area contributed by atoms with Crippen molar-refractivity contribution in [2.75, 3.05) is 0 Å². The highest BCUT2D eigenvalue weighted by Crippen LogP contribution is 2.39. The molecule has 3 aromatic heterocycles. The van der Waals surface area contributed by atoms with E-state index in [1.54, 1.807) is 17.0 Å². The number of nitrogens with zero attached hydrogens (tertiary/aromatic N) is 7. The first kappa shape index (κ1) is 21.4. The van der Waals surface area contributed by atoms with Gasteiger partial charge in [0.2, 0.25) is 0 Å². The second kappa shape index (κ2) is 7.97. The fourth-order valence-electron chi connectivity index (χ4n) is 4.52. The second-order valence-corrected chi connectivity index (χ2v) is 9.00. The molecule has 0 saturated heterocycles. The molecular weight excluding hydrogens is 462 g/mol. The molecule has 0 spiro atoms. The molecule has 0 amide bonds. The van der Waals surface area contributed by atoms with Gasteiger partial charge in [0.15, 0.2) is 5.60 Å². The summed E-state index contributed by atoms with van der Waals surface area (Å²) in [6.45, 7) is 2.02. The van der Waals surface area contributed by atoms with Gasteiger partial charge in [-0.1, -0.05) is 64.7 Å². The zero-order valence-corrected chi connectivity index (χ0v) is 19.7. The maximum atomic E-state index is 12.4. The molecule has 0 aliphatic rings. The Morgan fingerprint density at radius 1 is 0.971 bits per heavy atom. The van der Waals surface area contributed by atoms with E-state index >= 15 is 0 Å². The molecule has 35 heavy (non-hydrogen) atoms. The molecule has 0 saturated carbocycles. The van der Waals surface area contributed by atoms with Gasteiger partial charge in [-0.2, -0.15) is 4.52 Å². The van der Waals surface area contributed by atoms with Crippen LogP contribution in [-0.4, -0.2) is 39.7 Å². The van der Waals surface area contributed by atoms with Crippen LogP contribution < -0.4 is 0 Å². The normalized spacial score (nSPS) is 13.4. The summed E-state index contributed by atoms with van der Waals surface area (Å²) in [5.74, 6) is 0.376. The zero-order chi connectivity index (χ0) is 24.2. The van der Waals surface area contributed by atoms with E-state index in [1.807, 2.05) is 85.3 Å². The fraction of sp³-hybridized carbons (Fsp3) is 0.115. The van der Waals surface area contributed by atoms with E-state index in [0.29, 0.717) is 27.8 Å². The van der Waals surface area contributed by atoms with E-state index < -0.39 is 5.60 Å². The Kier molecular flexibility index (Phi) is 4.87. The maximum Gasteiger partial charge on any atom is 0.274 e. The molecule has 1 N–H and O–H groups in total.